The molecule has 0 spiro atoms. The topological polar surface area (TPSA) is 17.8 Å². The van der Waals surface area contributed by atoms with Crippen molar-refractivity contribution < 1.29 is 4.39 Å². The van der Waals surface area contributed by atoms with Gasteiger partial charge in [-0.25, -0.2) is 9.37 Å². The highest BCUT2D eigenvalue weighted by Gasteiger charge is 2.21. The minimum atomic E-state index is -0.389. The van der Waals surface area contributed by atoms with Crippen molar-refractivity contribution in [2.45, 2.75) is 12.3 Å². The molecule has 0 aliphatic heterocycles. The summed E-state index contributed by atoms with van der Waals surface area (Å²) in [5.74, 6) is 0.188. The Kier molecular flexibility index (Phi) is 3.95. The maximum Gasteiger partial charge on any atom is 0.148 e. The molecule has 3 rings (SSSR count). The molecule has 2 aromatic carbocycles. The number of hydrogen-bond acceptors (Lipinski definition) is 1. The molecule has 3 aromatic rings. The van der Waals surface area contributed by atoms with Crippen LogP contribution in [-0.2, 0) is 0 Å². The molecule has 0 bridgehead atoms. The van der Waals surface area contributed by atoms with Crippen molar-refractivity contribution in [1.29, 1.82) is 0 Å². The smallest absolute Gasteiger partial charge is 0.148 e. The highest BCUT2D eigenvalue weighted by Crippen LogP contribution is 2.35. The number of imidazole rings is 1. The molecule has 108 valence electrons. The van der Waals surface area contributed by atoms with Gasteiger partial charge in [-0.15, -0.1) is 11.6 Å². The van der Waals surface area contributed by atoms with E-state index in [-0.39, 0.29) is 11.2 Å². The lowest BCUT2D eigenvalue weighted by Crippen LogP contribution is -2.05. The van der Waals surface area contributed by atoms with Gasteiger partial charge in [-0.05, 0) is 47.1 Å². The van der Waals surface area contributed by atoms with Crippen LogP contribution < -0.4 is 0 Å². The molecule has 0 saturated heterocycles. The van der Waals surface area contributed by atoms with Gasteiger partial charge in [0.2, 0.25) is 0 Å². The molecule has 1 unspecified atom stereocenters. The first-order chi connectivity index (χ1) is 10.0. The lowest BCUT2D eigenvalue weighted by atomic mass is 10.2. The van der Waals surface area contributed by atoms with Crippen molar-refractivity contribution in [2.24, 2.45) is 0 Å². The van der Waals surface area contributed by atoms with Crippen LogP contribution in [0.3, 0.4) is 0 Å². The van der Waals surface area contributed by atoms with Gasteiger partial charge in [-0.2, -0.15) is 0 Å². The zero-order valence-electron chi connectivity index (χ0n) is 10.9. The molecule has 1 aromatic heterocycles. The zero-order chi connectivity index (χ0) is 15.1. The Morgan fingerprint density at radius 2 is 1.95 bits per heavy atom. The second kappa shape index (κ2) is 5.59. The molecular formula is C15H10BrCl2FN2. The monoisotopic (exact) mass is 386 g/mol. The number of para-hydroxylation sites is 2. The van der Waals surface area contributed by atoms with Crippen molar-refractivity contribution in [3.05, 3.63) is 57.5 Å². The number of rotatable bonds is 2. The van der Waals surface area contributed by atoms with Crippen LogP contribution in [0.4, 0.5) is 4.39 Å². The quantitative estimate of drug-likeness (QED) is 0.502. The van der Waals surface area contributed by atoms with Gasteiger partial charge in [0, 0.05) is 4.47 Å². The van der Waals surface area contributed by atoms with Crippen LogP contribution in [0.5, 0.6) is 0 Å². The van der Waals surface area contributed by atoms with E-state index in [2.05, 4.69) is 20.9 Å². The van der Waals surface area contributed by atoms with E-state index in [9.17, 15) is 4.39 Å². The summed E-state index contributed by atoms with van der Waals surface area (Å²) < 4.78 is 16.7. The van der Waals surface area contributed by atoms with Gasteiger partial charge in [0.15, 0.2) is 0 Å². The minimum Gasteiger partial charge on any atom is -0.291 e. The molecule has 21 heavy (non-hydrogen) atoms. The number of alkyl halides is 1. The minimum absolute atomic E-state index is 0.359. The third-order valence-corrected chi connectivity index (χ3v) is 4.32. The van der Waals surface area contributed by atoms with Crippen molar-refractivity contribution >= 4 is 50.2 Å². The molecule has 1 heterocycles. The van der Waals surface area contributed by atoms with Gasteiger partial charge < -0.3 is 0 Å². The fraction of sp³-hybridized carbons (Fsp3) is 0.133. The van der Waals surface area contributed by atoms with Crippen molar-refractivity contribution in [3.8, 4) is 5.69 Å². The predicted octanol–water partition coefficient (Wildman–Crippen LogP) is 5.88. The van der Waals surface area contributed by atoms with Crippen LogP contribution in [0, 0.1) is 5.82 Å². The molecule has 0 amide bonds. The second-order valence-corrected chi connectivity index (χ2v) is 6.52. The van der Waals surface area contributed by atoms with E-state index < -0.39 is 0 Å². The Hall–Kier alpha value is -1.10. The fourth-order valence-electron chi connectivity index (χ4n) is 2.29. The SMILES string of the molecule is CC(Cl)c1nc2c(Cl)cccc2n1-c1c(F)cccc1Br. The number of halogens is 4. The second-order valence-electron chi connectivity index (χ2n) is 4.60. The fourth-order valence-corrected chi connectivity index (χ4v) is 3.17. The van der Waals surface area contributed by atoms with Crippen molar-refractivity contribution in [1.82, 2.24) is 9.55 Å². The molecule has 0 saturated carbocycles. The molecular weight excluding hydrogens is 378 g/mol. The Morgan fingerprint density at radius 1 is 1.24 bits per heavy atom. The summed E-state index contributed by atoms with van der Waals surface area (Å²) in [7, 11) is 0. The summed E-state index contributed by atoms with van der Waals surface area (Å²) in [5, 5.41) is 0.122. The van der Waals surface area contributed by atoms with Gasteiger partial charge in [-0.3, -0.25) is 4.57 Å². The highest BCUT2D eigenvalue weighted by molar-refractivity contribution is 9.10. The van der Waals surface area contributed by atoms with E-state index in [4.69, 9.17) is 23.2 Å². The van der Waals surface area contributed by atoms with E-state index in [1.54, 1.807) is 35.8 Å². The first-order valence-electron chi connectivity index (χ1n) is 6.26. The zero-order valence-corrected chi connectivity index (χ0v) is 14.0. The van der Waals surface area contributed by atoms with E-state index >= 15 is 0 Å². The van der Waals surface area contributed by atoms with Gasteiger partial charge >= 0.3 is 0 Å². The van der Waals surface area contributed by atoms with Gasteiger partial charge in [0.1, 0.15) is 17.2 Å². The molecule has 6 heteroatoms. The lowest BCUT2D eigenvalue weighted by molar-refractivity contribution is 0.615. The highest BCUT2D eigenvalue weighted by atomic mass is 79.9. The van der Waals surface area contributed by atoms with Crippen LogP contribution in [-0.4, -0.2) is 9.55 Å². The van der Waals surface area contributed by atoms with E-state index in [1.807, 2.05) is 6.07 Å². The Morgan fingerprint density at radius 3 is 2.62 bits per heavy atom. The standard InChI is InChI=1S/C15H10BrCl2FN2/c1-8(17)15-20-13-10(18)5-3-7-12(13)21(15)14-9(16)4-2-6-11(14)19/h2-8H,1H3. The molecule has 0 aliphatic rings. The number of hydrogen-bond donors (Lipinski definition) is 0. The summed E-state index contributed by atoms with van der Waals surface area (Å²) in [6.45, 7) is 1.79. The van der Waals surface area contributed by atoms with Gasteiger partial charge in [0.05, 0.1) is 21.6 Å². The number of benzene rings is 2. The molecule has 1 atom stereocenters. The van der Waals surface area contributed by atoms with E-state index in [0.29, 0.717) is 26.5 Å². The first kappa shape index (κ1) is 14.8. The summed E-state index contributed by atoms with van der Waals surface area (Å²) in [6, 6.07) is 10.2. The average Bonchev–Trinajstić information content (AvgIpc) is 2.80. The van der Waals surface area contributed by atoms with Crippen LogP contribution in [0.1, 0.15) is 18.1 Å². The molecule has 0 fully saturated rings. The maximum atomic E-state index is 14.3. The van der Waals surface area contributed by atoms with E-state index in [0.717, 1.165) is 5.52 Å². The molecule has 2 nitrogen and oxygen atoms in total. The Balaban J connectivity index is 2.46. The summed E-state index contributed by atoms with van der Waals surface area (Å²) in [5.41, 5.74) is 1.71. The Labute approximate surface area is 139 Å². The summed E-state index contributed by atoms with van der Waals surface area (Å²) in [4.78, 5) is 4.48. The number of nitrogens with zero attached hydrogens (tertiary/aromatic N) is 2. The predicted molar refractivity (Wildman–Crippen MR) is 88.0 cm³/mol. The number of aromatic nitrogens is 2. The first-order valence-corrected chi connectivity index (χ1v) is 7.86. The Bertz CT molecular complexity index is 810. The summed E-state index contributed by atoms with van der Waals surface area (Å²) in [6.07, 6.45) is 0. The van der Waals surface area contributed by atoms with Crippen LogP contribution in [0.25, 0.3) is 16.7 Å². The molecule has 0 N–H and O–H groups in total. The van der Waals surface area contributed by atoms with Gasteiger partial charge in [-0.1, -0.05) is 23.7 Å². The van der Waals surface area contributed by atoms with Crippen molar-refractivity contribution in [2.75, 3.05) is 0 Å². The van der Waals surface area contributed by atoms with Crippen molar-refractivity contribution in [3.63, 3.8) is 0 Å². The van der Waals surface area contributed by atoms with E-state index in [1.165, 1.54) is 6.07 Å². The molecule has 0 aliphatic carbocycles. The summed E-state index contributed by atoms with van der Waals surface area (Å²) >= 11 is 15.8. The average molecular weight is 388 g/mol. The maximum absolute atomic E-state index is 14.3. The lowest BCUT2D eigenvalue weighted by Gasteiger charge is -2.13. The largest absolute Gasteiger partial charge is 0.291 e. The van der Waals surface area contributed by atoms with Crippen LogP contribution >= 0.6 is 39.1 Å². The normalized spacial score (nSPS) is 12.8. The van der Waals surface area contributed by atoms with Crippen LogP contribution in [0.2, 0.25) is 5.02 Å². The molecule has 0 radical (unpaired) electrons. The third kappa shape index (κ3) is 2.45. The van der Waals surface area contributed by atoms with Crippen LogP contribution in [0.15, 0.2) is 40.9 Å². The number of fused-ring (bicyclic) bond motifs is 1. The third-order valence-electron chi connectivity index (χ3n) is 3.18. The van der Waals surface area contributed by atoms with Gasteiger partial charge in [0.25, 0.3) is 0 Å².